The number of fused-ring (bicyclic) bond motifs is 11. The van der Waals surface area contributed by atoms with Gasteiger partial charge in [0.15, 0.2) is 0 Å². The molecule has 0 saturated carbocycles. The first-order chi connectivity index (χ1) is 36.0. The molecule has 5 heteroatoms. The smallest absolute Gasteiger partial charge is 0.145 e. The van der Waals surface area contributed by atoms with E-state index in [4.69, 9.17) is 9.72 Å². The van der Waals surface area contributed by atoms with Crippen molar-refractivity contribution in [2.45, 2.75) is 13.8 Å². The van der Waals surface area contributed by atoms with Crippen LogP contribution in [0.25, 0.3) is 87.6 Å². The summed E-state index contributed by atoms with van der Waals surface area (Å²) in [5, 5.41) is 9.19. The average Bonchev–Trinajstić information content (AvgIpc) is 4.00. The summed E-state index contributed by atoms with van der Waals surface area (Å²) in [6, 6.07) is 76.1. The Kier molecular flexibility index (Phi) is 10.8. The summed E-state index contributed by atoms with van der Waals surface area (Å²) in [4.78, 5) is 10.0. The van der Waals surface area contributed by atoms with Gasteiger partial charge in [0.25, 0.3) is 0 Å². The normalized spacial score (nSPS) is 12.6. The first-order valence-electron chi connectivity index (χ1n) is 24.9. The summed E-state index contributed by atoms with van der Waals surface area (Å²) in [5.41, 5.74) is 15.4. The number of nitrogens with zero attached hydrogens (tertiary/aromatic N) is 4. The van der Waals surface area contributed by atoms with Crippen LogP contribution in [-0.4, -0.2) is 16.1 Å². The third-order valence-corrected chi connectivity index (χ3v) is 14.5. The van der Waals surface area contributed by atoms with Crippen molar-refractivity contribution in [1.82, 2.24) is 9.38 Å². The van der Waals surface area contributed by atoms with Crippen LogP contribution in [0.1, 0.15) is 18.1 Å². The van der Waals surface area contributed by atoms with Crippen molar-refractivity contribution < 1.29 is 4.74 Å². The van der Waals surface area contributed by atoms with Crippen molar-refractivity contribution in [1.29, 1.82) is 0 Å². The minimum Gasteiger partial charge on any atom is -0.457 e. The molecule has 0 amide bonds. The van der Waals surface area contributed by atoms with Crippen molar-refractivity contribution in [3.63, 3.8) is 0 Å². The Morgan fingerprint density at radius 2 is 1.18 bits per heavy atom. The van der Waals surface area contributed by atoms with E-state index in [-0.39, 0.29) is 0 Å². The van der Waals surface area contributed by atoms with E-state index in [1.807, 2.05) is 31.3 Å². The predicted octanol–water partition coefficient (Wildman–Crippen LogP) is 18.5. The van der Waals surface area contributed by atoms with Crippen molar-refractivity contribution in [2.75, 3.05) is 16.5 Å². The van der Waals surface area contributed by atoms with Gasteiger partial charge in [-0.2, -0.15) is 0 Å². The fraction of sp³-hybridized carbons (Fsp3) is 0.0441. The summed E-state index contributed by atoms with van der Waals surface area (Å²) in [5.74, 6) is 1.48. The second-order valence-electron chi connectivity index (χ2n) is 18.7. The number of hydrogen-bond donors (Lipinski definition) is 0. The van der Waals surface area contributed by atoms with E-state index in [2.05, 4.69) is 246 Å². The number of anilines is 4. The molecule has 13 rings (SSSR count). The third kappa shape index (κ3) is 7.36. The van der Waals surface area contributed by atoms with Crippen LogP contribution in [0.5, 0.6) is 11.5 Å². The van der Waals surface area contributed by atoms with Crippen LogP contribution in [0.15, 0.2) is 249 Å². The number of hydrogen-bond acceptors (Lipinski definition) is 4. The van der Waals surface area contributed by atoms with E-state index < -0.39 is 0 Å². The SMILES string of the molecule is C=C(/C=C\C=C/C)c1cccc(-c2ccccc2)c1N1CN(c2cccc(Oc3ccc4c5cccc6c7cccc(-c8ccccc8C)c7c7ccccc7c7cccnc7n(c4c3)c65)c2)c2ccccc21. The number of allylic oxidation sites excluding steroid dienone is 5. The summed E-state index contributed by atoms with van der Waals surface area (Å²) >= 11 is 0. The quantitative estimate of drug-likeness (QED) is 0.135. The molecule has 1 aliphatic rings. The maximum Gasteiger partial charge on any atom is 0.145 e. The highest BCUT2D eigenvalue weighted by Crippen LogP contribution is 2.50. The van der Waals surface area contributed by atoms with Crippen LogP contribution in [0.4, 0.5) is 22.7 Å². The first kappa shape index (κ1) is 43.6. The number of ether oxygens (including phenoxy) is 1. The Hall–Kier alpha value is -9.45. The van der Waals surface area contributed by atoms with E-state index in [0.717, 1.165) is 100 Å². The molecule has 348 valence electrons. The van der Waals surface area contributed by atoms with Gasteiger partial charge in [0, 0.05) is 56.7 Å². The Morgan fingerprint density at radius 1 is 0.534 bits per heavy atom. The van der Waals surface area contributed by atoms with Gasteiger partial charge in [-0.15, -0.1) is 0 Å². The van der Waals surface area contributed by atoms with Gasteiger partial charge < -0.3 is 14.5 Å². The average molecular weight is 939 g/mol. The van der Waals surface area contributed by atoms with Crippen molar-refractivity contribution in [3.8, 4) is 33.8 Å². The molecule has 0 spiro atoms. The number of benzene rings is 9. The number of para-hydroxylation sites is 4. The fourth-order valence-corrected chi connectivity index (χ4v) is 11.2. The van der Waals surface area contributed by atoms with Crippen LogP contribution in [0.3, 0.4) is 0 Å². The topological polar surface area (TPSA) is 33.0 Å². The number of pyridine rings is 1. The lowest BCUT2D eigenvalue weighted by Crippen LogP contribution is -2.25. The van der Waals surface area contributed by atoms with E-state index in [9.17, 15) is 0 Å². The van der Waals surface area contributed by atoms with Gasteiger partial charge >= 0.3 is 0 Å². The monoisotopic (exact) mass is 938 g/mol. The molecule has 12 aromatic rings. The van der Waals surface area contributed by atoms with Gasteiger partial charge in [-0.1, -0.05) is 183 Å². The van der Waals surface area contributed by atoms with Gasteiger partial charge in [-0.3, -0.25) is 4.40 Å². The lowest BCUT2D eigenvalue weighted by atomic mass is 9.92. The van der Waals surface area contributed by atoms with Crippen LogP contribution in [0, 0.1) is 6.92 Å². The Balaban J connectivity index is 0.956. The molecular formula is C68H50N4O. The van der Waals surface area contributed by atoms with Crippen molar-refractivity contribution in [2.24, 2.45) is 0 Å². The molecule has 73 heavy (non-hydrogen) atoms. The highest BCUT2D eigenvalue weighted by molar-refractivity contribution is 6.27. The van der Waals surface area contributed by atoms with Gasteiger partial charge in [-0.25, -0.2) is 4.98 Å². The number of aromatic nitrogens is 2. The van der Waals surface area contributed by atoms with Gasteiger partial charge in [-0.05, 0) is 112 Å². The third-order valence-electron chi connectivity index (χ3n) is 14.5. The second kappa shape index (κ2) is 18.1. The molecule has 5 nitrogen and oxygen atoms in total. The van der Waals surface area contributed by atoms with E-state index in [1.54, 1.807) is 0 Å². The van der Waals surface area contributed by atoms with Crippen LogP contribution >= 0.6 is 0 Å². The molecule has 0 saturated heterocycles. The molecule has 1 aliphatic heterocycles. The van der Waals surface area contributed by atoms with E-state index in [1.165, 1.54) is 32.8 Å². The van der Waals surface area contributed by atoms with Crippen molar-refractivity contribution in [3.05, 3.63) is 261 Å². The lowest BCUT2D eigenvalue weighted by Gasteiger charge is -2.27. The lowest BCUT2D eigenvalue weighted by molar-refractivity contribution is 0.483. The Bertz CT molecular complexity index is 4280. The van der Waals surface area contributed by atoms with Crippen LogP contribution in [0.2, 0.25) is 0 Å². The molecule has 0 bridgehead atoms. The number of rotatable bonds is 9. The standard InChI is InChI=1S/C68H50N4O/c1-4-5-7-21-46(3)52-30-17-31-53(47-23-8-6-9-24-47)66(52)71-44-70(62-37-14-15-38-63(62)71)48-25-16-26-49(42-48)73-50-39-40-55-59-34-19-35-60-58-33-18-32-56(51-27-11-10-22-45(51)2)65(58)57-29-13-12-28-54(57)61-36-20-41-69-68(61)72(67(59)60)64(55)43-50/h4-43H,3,44H2,1-2H3/b5-4-,21-7-. The molecule has 9 aromatic carbocycles. The number of aryl methyl sites for hydroxylation is 1. The molecule has 0 unspecified atom stereocenters. The van der Waals surface area contributed by atoms with Gasteiger partial charge in [0.2, 0.25) is 0 Å². The summed E-state index contributed by atoms with van der Waals surface area (Å²) in [7, 11) is 0. The summed E-state index contributed by atoms with van der Waals surface area (Å²) < 4.78 is 9.33. The molecule has 0 atom stereocenters. The zero-order valence-corrected chi connectivity index (χ0v) is 40.7. The summed E-state index contributed by atoms with van der Waals surface area (Å²) in [6.45, 7) is 9.39. The van der Waals surface area contributed by atoms with Gasteiger partial charge in [0.1, 0.15) is 23.8 Å². The summed E-state index contributed by atoms with van der Waals surface area (Å²) in [6.07, 6.45) is 10.1. The molecule has 3 aromatic heterocycles. The molecule has 0 radical (unpaired) electrons. The maximum atomic E-state index is 6.96. The minimum absolute atomic E-state index is 0.588. The van der Waals surface area contributed by atoms with Gasteiger partial charge in [0.05, 0.1) is 28.1 Å². The second-order valence-corrected chi connectivity index (χ2v) is 18.7. The fourth-order valence-electron chi connectivity index (χ4n) is 11.2. The van der Waals surface area contributed by atoms with Crippen molar-refractivity contribution >= 4 is 88.1 Å². The predicted molar refractivity (Wildman–Crippen MR) is 309 cm³/mol. The van der Waals surface area contributed by atoms with Crippen LogP contribution in [-0.2, 0) is 0 Å². The largest absolute Gasteiger partial charge is 0.457 e. The minimum atomic E-state index is 0.588. The molecular weight excluding hydrogens is 889 g/mol. The molecule has 4 heterocycles. The Morgan fingerprint density at radius 3 is 2.03 bits per heavy atom. The highest BCUT2D eigenvalue weighted by atomic mass is 16.5. The van der Waals surface area contributed by atoms with Crippen LogP contribution < -0.4 is 14.5 Å². The molecule has 0 N–H and O–H groups in total. The first-order valence-corrected chi connectivity index (χ1v) is 24.9. The zero-order valence-electron chi connectivity index (χ0n) is 40.7. The molecule has 0 aliphatic carbocycles. The Labute approximate surface area is 424 Å². The van der Waals surface area contributed by atoms with E-state index in [0.29, 0.717) is 6.67 Å². The zero-order chi connectivity index (χ0) is 49.0. The maximum absolute atomic E-state index is 6.96. The molecule has 0 fully saturated rings. The van der Waals surface area contributed by atoms with E-state index >= 15 is 0 Å². The highest BCUT2D eigenvalue weighted by Gasteiger charge is 2.31.